The van der Waals surface area contributed by atoms with E-state index >= 15 is 0 Å². The number of carboxylic acids is 1. The summed E-state index contributed by atoms with van der Waals surface area (Å²) in [6.07, 6.45) is -0.251. The van der Waals surface area contributed by atoms with Gasteiger partial charge in [-0.15, -0.1) is 0 Å². The highest BCUT2D eigenvalue weighted by molar-refractivity contribution is 9.10. The van der Waals surface area contributed by atoms with Gasteiger partial charge in [-0.25, -0.2) is 8.42 Å². The molecule has 0 aromatic heterocycles. The lowest BCUT2D eigenvalue weighted by molar-refractivity contribution is -0.137. The molecular weight excluding hydrogens is 394 g/mol. The van der Waals surface area contributed by atoms with E-state index in [1.165, 1.54) is 4.31 Å². The highest BCUT2D eigenvalue weighted by Crippen LogP contribution is 2.21. The van der Waals surface area contributed by atoms with Crippen LogP contribution in [0.2, 0.25) is 0 Å². The number of hydrogen-bond acceptors (Lipinski definition) is 3. The Hall–Kier alpha value is -1.70. The van der Waals surface area contributed by atoms with Crippen molar-refractivity contribution in [2.24, 2.45) is 0 Å². The van der Waals surface area contributed by atoms with Crippen molar-refractivity contribution in [3.05, 3.63) is 64.1 Å². The summed E-state index contributed by atoms with van der Waals surface area (Å²) in [4.78, 5) is 11.1. The van der Waals surface area contributed by atoms with Crippen LogP contribution in [0, 0.1) is 6.92 Å². The van der Waals surface area contributed by atoms with Gasteiger partial charge >= 0.3 is 5.97 Å². The first kappa shape index (κ1) is 18.6. The van der Waals surface area contributed by atoms with Gasteiger partial charge in [0.2, 0.25) is 10.0 Å². The molecule has 2 aromatic carbocycles. The van der Waals surface area contributed by atoms with Gasteiger partial charge in [0, 0.05) is 17.6 Å². The first-order valence-corrected chi connectivity index (χ1v) is 9.55. The van der Waals surface area contributed by atoms with Gasteiger partial charge in [0.15, 0.2) is 0 Å². The van der Waals surface area contributed by atoms with Crippen LogP contribution in [0.15, 0.2) is 57.9 Å². The molecule has 2 aromatic rings. The lowest BCUT2D eigenvalue weighted by atomic mass is 10.2. The van der Waals surface area contributed by atoms with Crippen molar-refractivity contribution in [1.29, 1.82) is 0 Å². The molecule has 0 aliphatic carbocycles. The van der Waals surface area contributed by atoms with Gasteiger partial charge in [-0.3, -0.25) is 4.79 Å². The van der Waals surface area contributed by atoms with Gasteiger partial charge in [0.05, 0.1) is 11.3 Å². The predicted octanol–water partition coefficient (Wildman–Crippen LogP) is 3.42. The molecule has 0 fully saturated rings. The number of rotatable bonds is 7. The summed E-state index contributed by atoms with van der Waals surface area (Å²) >= 11 is 3.36. The maximum absolute atomic E-state index is 12.9. The standard InChI is InChI=1S/C17H18BrNO4S/c1-13-5-7-16(8-6-13)24(22,23)19(10-9-17(20)21)12-14-3-2-4-15(18)11-14/h2-8,11H,9-10,12H2,1H3,(H,20,21). The molecule has 0 spiro atoms. The van der Waals surface area contributed by atoms with Gasteiger partial charge in [0.1, 0.15) is 0 Å². The summed E-state index contributed by atoms with van der Waals surface area (Å²) < 4.78 is 27.8. The van der Waals surface area contributed by atoms with Crippen LogP contribution in [-0.2, 0) is 21.4 Å². The molecule has 7 heteroatoms. The van der Waals surface area contributed by atoms with Crippen molar-refractivity contribution in [3.8, 4) is 0 Å². The van der Waals surface area contributed by atoms with E-state index in [1.807, 2.05) is 31.2 Å². The number of sulfonamides is 1. The second-order valence-electron chi connectivity index (χ2n) is 5.43. The quantitative estimate of drug-likeness (QED) is 0.756. The Bertz CT molecular complexity index is 819. The van der Waals surface area contributed by atoms with Gasteiger partial charge in [-0.1, -0.05) is 45.8 Å². The van der Waals surface area contributed by atoms with Crippen LogP contribution in [-0.4, -0.2) is 30.3 Å². The number of carboxylic acid groups (broad SMARTS) is 1. The Labute approximate surface area is 150 Å². The minimum absolute atomic E-state index is 0.0853. The highest BCUT2D eigenvalue weighted by Gasteiger charge is 2.25. The van der Waals surface area contributed by atoms with Crippen LogP contribution in [0.5, 0.6) is 0 Å². The van der Waals surface area contributed by atoms with Crippen LogP contribution in [0.25, 0.3) is 0 Å². The molecule has 0 amide bonds. The summed E-state index contributed by atoms with van der Waals surface area (Å²) in [5.41, 5.74) is 1.74. The third kappa shape index (κ3) is 4.90. The molecule has 128 valence electrons. The number of hydrogen-bond donors (Lipinski definition) is 1. The third-order valence-corrected chi connectivity index (χ3v) is 5.83. The van der Waals surface area contributed by atoms with Crippen LogP contribution in [0.1, 0.15) is 17.5 Å². The zero-order valence-corrected chi connectivity index (χ0v) is 15.5. The SMILES string of the molecule is Cc1ccc(S(=O)(=O)N(CCC(=O)O)Cc2cccc(Br)c2)cc1. The summed E-state index contributed by atoms with van der Waals surface area (Å²) in [7, 11) is -3.77. The summed E-state index contributed by atoms with van der Waals surface area (Å²) in [5, 5.41) is 8.92. The smallest absolute Gasteiger partial charge is 0.304 e. The van der Waals surface area contributed by atoms with E-state index in [-0.39, 0.29) is 24.4 Å². The average Bonchev–Trinajstić information content (AvgIpc) is 2.51. The molecular formula is C17H18BrNO4S. The maximum atomic E-state index is 12.9. The number of benzene rings is 2. The molecule has 0 unspecified atom stereocenters. The first-order valence-electron chi connectivity index (χ1n) is 7.32. The van der Waals surface area contributed by atoms with Crippen molar-refractivity contribution in [2.45, 2.75) is 24.8 Å². The summed E-state index contributed by atoms with van der Waals surface area (Å²) in [6, 6.07) is 13.8. The van der Waals surface area contributed by atoms with Crippen LogP contribution < -0.4 is 0 Å². The molecule has 24 heavy (non-hydrogen) atoms. The van der Waals surface area contributed by atoms with Gasteiger partial charge in [-0.2, -0.15) is 4.31 Å². The normalized spacial score (nSPS) is 11.6. The second kappa shape index (κ2) is 7.92. The third-order valence-electron chi connectivity index (χ3n) is 3.48. The van der Waals surface area contributed by atoms with Gasteiger partial charge in [-0.05, 0) is 36.8 Å². The average molecular weight is 412 g/mol. The number of halogens is 1. The fourth-order valence-electron chi connectivity index (χ4n) is 2.20. The minimum atomic E-state index is -3.77. The highest BCUT2D eigenvalue weighted by atomic mass is 79.9. The van der Waals surface area contributed by atoms with Crippen molar-refractivity contribution >= 4 is 31.9 Å². The van der Waals surface area contributed by atoms with E-state index in [1.54, 1.807) is 24.3 Å². The number of aryl methyl sites for hydroxylation is 1. The second-order valence-corrected chi connectivity index (χ2v) is 8.28. The fourth-order valence-corrected chi connectivity index (χ4v) is 4.08. The monoisotopic (exact) mass is 411 g/mol. The van der Waals surface area contributed by atoms with Crippen LogP contribution in [0.3, 0.4) is 0 Å². The van der Waals surface area contributed by atoms with Crippen molar-refractivity contribution in [1.82, 2.24) is 4.31 Å². The summed E-state index contributed by atoms with van der Waals surface area (Å²) in [5.74, 6) is -1.03. The Morgan fingerprint density at radius 3 is 2.42 bits per heavy atom. The van der Waals surface area contributed by atoms with Gasteiger partial charge in [0.25, 0.3) is 0 Å². The molecule has 0 saturated carbocycles. The summed E-state index contributed by atoms with van der Waals surface area (Å²) in [6.45, 7) is 1.90. The van der Waals surface area contributed by atoms with Crippen molar-refractivity contribution < 1.29 is 18.3 Å². The van der Waals surface area contributed by atoms with Crippen LogP contribution >= 0.6 is 15.9 Å². The first-order chi connectivity index (χ1) is 11.3. The van der Waals surface area contributed by atoms with Crippen molar-refractivity contribution in [3.63, 3.8) is 0 Å². The Morgan fingerprint density at radius 1 is 1.17 bits per heavy atom. The molecule has 0 heterocycles. The van der Waals surface area contributed by atoms with E-state index in [2.05, 4.69) is 15.9 Å². The van der Waals surface area contributed by atoms with Gasteiger partial charge < -0.3 is 5.11 Å². The molecule has 0 aliphatic heterocycles. The van der Waals surface area contributed by atoms with E-state index in [0.29, 0.717) is 0 Å². The lowest BCUT2D eigenvalue weighted by Crippen LogP contribution is -2.32. The Kier molecular flexibility index (Phi) is 6.15. The molecule has 1 N–H and O–H groups in total. The number of aliphatic carboxylic acids is 1. The predicted molar refractivity (Wildman–Crippen MR) is 95.2 cm³/mol. The molecule has 0 bridgehead atoms. The van der Waals surface area contributed by atoms with E-state index in [0.717, 1.165) is 15.6 Å². The number of nitrogens with zero attached hydrogens (tertiary/aromatic N) is 1. The van der Waals surface area contributed by atoms with E-state index < -0.39 is 16.0 Å². The Balaban J connectivity index is 2.33. The fraction of sp³-hybridized carbons (Fsp3) is 0.235. The molecule has 0 saturated heterocycles. The van der Waals surface area contributed by atoms with Crippen LogP contribution in [0.4, 0.5) is 0 Å². The molecule has 2 rings (SSSR count). The minimum Gasteiger partial charge on any atom is -0.481 e. The molecule has 0 atom stereocenters. The zero-order chi connectivity index (χ0) is 17.7. The topological polar surface area (TPSA) is 74.7 Å². The van der Waals surface area contributed by atoms with E-state index in [9.17, 15) is 13.2 Å². The molecule has 0 aliphatic rings. The lowest BCUT2D eigenvalue weighted by Gasteiger charge is -2.22. The van der Waals surface area contributed by atoms with Crippen molar-refractivity contribution in [2.75, 3.05) is 6.54 Å². The Morgan fingerprint density at radius 2 is 1.83 bits per heavy atom. The maximum Gasteiger partial charge on any atom is 0.304 e. The van der Waals surface area contributed by atoms with E-state index in [4.69, 9.17) is 5.11 Å². The zero-order valence-electron chi connectivity index (χ0n) is 13.1. The molecule has 5 nitrogen and oxygen atoms in total. The largest absolute Gasteiger partial charge is 0.481 e. The molecule has 0 radical (unpaired) electrons. The number of carbonyl (C=O) groups is 1.